The monoisotopic (exact) mass is 586 g/mol. The minimum atomic E-state index is -1.61. The van der Waals surface area contributed by atoms with Gasteiger partial charge in [0, 0.05) is 41.3 Å². The fourth-order valence-corrected chi connectivity index (χ4v) is 9.48. The fraction of sp³-hybridized carbons (Fsp3) is 0.656. The molecule has 0 amide bonds. The van der Waals surface area contributed by atoms with Gasteiger partial charge in [-0.25, -0.2) is 4.79 Å². The van der Waals surface area contributed by atoms with Crippen LogP contribution in [-0.2, 0) is 28.6 Å². The largest absolute Gasteiger partial charge is 0.455 e. The molecule has 42 heavy (non-hydrogen) atoms. The molecule has 0 radical (unpaired) electrons. The first-order valence-electron chi connectivity index (χ1n) is 14.4. The molecule has 2 saturated carbocycles. The molecule has 4 aliphatic carbocycles. The van der Waals surface area contributed by atoms with E-state index < -0.39 is 88.2 Å². The number of aliphatic hydroxyl groups excluding tert-OH is 4. The predicted octanol–water partition coefficient (Wildman–Crippen LogP) is 1.76. The van der Waals surface area contributed by atoms with Crippen LogP contribution in [-0.4, -0.2) is 82.1 Å². The molecule has 0 aromatic rings. The Morgan fingerprint density at radius 3 is 2.17 bits per heavy atom. The summed E-state index contributed by atoms with van der Waals surface area (Å²) in [5.74, 6) is -4.17. The summed E-state index contributed by atoms with van der Waals surface area (Å²) in [6, 6.07) is 0. The number of hydrogen-bond acceptors (Lipinski definition) is 10. The SMILES string of the molecule is COC1C(OC(=O)C=C(C)C)C2(C)C3=CC(=O)C(C4=CC(O)OC4O)C3(C)C(O)C(O)C2C2(C)C(=O)C=CC(C)(C)C12. The molecule has 0 spiro atoms. The van der Waals surface area contributed by atoms with Crippen molar-refractivity contribution in [3.05, 3.63) is 47.1 Å². The van der Waals surface area contributed by atoms with Gasteiger partial charge in [0.05, 0.1) is 24.2 Å². The van der Waals surface area contributed by atoms with Crippen molar-refractivity contribution in [2.75, 3.05) is 7.11 Å². The first-order valence-corrected chi connectivity index (χ1v) is 14.4. The first-order chi connectivity index (χ1) is 19.4. The number of aliphatic hydroxyl groups is 4. The number of hydrogen-bond donors (Lipinski definition) is 4. The van der Waals surface area contributed by atoms with Crippen LogP contribution >= 0.6 is 0 Å². The number of allylic oxidation sites excluding steroid dienone is 4. The zero-order valence-corrected chi connectivity index (χ0v) is 25.3. The molecule has 10 nitrogen and oxygen atoms in total. The van der Waals surface area contributed by atoms with Crippen LogP contribution in [0.4, 0.5) is 0 Å². The lowest BCUT2D eigenvalue weighted by Crippen LogP contribution is -2.76. The minimum absolute atomic E-state index is 0.0636. The van der Waals surface area contributed by atoms with E-state index in [1.54, 1.807) is 40.7 Å². The molecule has 0 aromatic carbocycles. The molecule has 12 unspecified atom stereocenters. The van der Waals surface area contributed by atoms with Crippen LogP contribution in [0.3, 0.4) is 0 Å². The molecule has 0 aromatic heterocycles. The number of ketones is 2. The van der Waals surface area contributed by atoms with E-state index in [0.717, 1.165) is 0 Å². The smallest absolute Gasteiger partial charge is 0.331 e. The van der Waals surface area contributed by atoms with Crippen LogP contribution < -0.4 is 0 Å². The van der Waals surface area contributed by atoms with Crippen molar-refractivity contribution in [2.24, 2.45) is 39.4 Å². The Morgan fingerprint density at radius 1 is 0.976 bits per heavy atom. The van der Waals surface area contributed by atoms with Gasteiger partial charge in [0.2, 0.25) is 0 Å². The number of esters is 1. The third-order valence-corrected chi connectivity index (χ3v) is 10.9. The topological polar surface area (TPSA) is 160 Å². The zero-order valence-electron chi connectivity index (χ0n) is 25.3. The lowest BCUT2D eigenvalue weighted by Gasteiger charge is -2.69. The lowest BCUT2D eigenvalue weighted by molar-refractivity contribution is -0.270. The van der Waals surface area contributed by atoms with Crippen LogP contribution in [0, 0.1) is 39.4 Å². The van der Waals surface area contributed by atoms with E-state index in [-0.39, 0.29) is 11.4 Å². The zero-order chi connectivity index (χ0) is 31.3. The van der Waals surface area contributed by atoms with Crippen LogP contribution in [0.1, 0.15) is 48.5 Å². The van der Waals surface area contributed by atoms with E-state index in [9.17, 15) is 34.8 Å². The summed E-state index contributed by atoms with van der Waals surface area (Å²) >= 11 is 0. The summed E-state index contributed by atoms with van der Waals surface area (Å²) in [6.45, 7) is 12.5. The molecule has 1 aliphatic heterocycles. The predicted molar refractivity (Wildman–Crippen MR) is 149 cm³/mol. The fourth-order valence-electron chi connectivity index (χ4n) is 9.48. The standard InChI is InChI=1S/C32H42O10/c1-14(2)11-19(35)41-27-23(40-8)25-29(3,4)10-9-18(34)32(25,7)24-22(37)26(38)30(5)17(31(24,27)6)13-16(33)21(30)15-12-20(36)42-28(15)39/h9-13,20-28,36-39H,1-8H3. The van der Waals surface area contributed by atoms with Crippen LogP contribution in [0.15, 0.2) is 47.1 Å². The van der Waals surface area contributed by atoms with Crippen molar-refractivity contribution >= 4 is 17.5 Å². The average molecular weight is 587 g/mol. The quantitative estimate of drug-likeness (QED) is 0.217. The highest BCUT2D eigenvalue weighted by molar-refractivity contribution is 6.00. The Bertz CT molecular complexity index is 1340. The highest BCUT2D eigenvalue weighted by Gasteiger charge is 2.78. The van der Waals surface area contributed by atoms with Gasteiger partial charge < -0.3 is 34.6 Å². The number of carbonyl (C=O) groups excluding carboxylic acids is 3. The summed E-state index contributed by atoms with van der Waals surface area (Å²) in [5.41, 5.74) is -3.72. The van der Waals surface area contributed by atoms with Gasteiger partial charge in [0.25, 0.3) is 0 Å². The molecule has 5 aliphatic rings. The van der Waals surface area contributed by atoms with E-state index in [1.807, 2.05) is 13.8 Å². The van der Waals surface area contributed by atoms with E-state index in [0.29, 0.717) is 11.1 Å². The van der Waals surface area contributed by atoms with Crippen molar-refractivity contribution in [1.29, 1.82) is 0 Å². The van der Waals surface area contributed by atoms with E-state index in [2.05, 4.69) is 0 Å². The van der Waals surface area contributed by atoms with Crippen LogP contribution in [0.2, 0.25) is 0 Å². The molecule has 5 rings (SSSR count). The molecule has 230 valence electrons. The van der Waals surface area contributed by atoms with E-state index in [1.165, 1.54) is 31.4 Å². The molecular weight excluding hydrogens is 544 g/mol. The molecule has 1 heterocycles. The van der Waals surface area contributed by atoms with Crippen molar-refractivity contribution in [2.45, 2.75) is 85.5 Å². The van der Waals surface area contributed by atoms with Gasteiger partial charge in [0.15, 0.2) is 24.1 Å². The Hall–Kier alpha value is -2.47. The van der Waals surface area contributed by atoms with Crippen molar-refractivity contribution in [1.82, 2.24) is 0 Å². The number of carbonyl (C=O) groups is 3. The summed E-state index contributed by atoms with van der Waals surface area (Å²) in [7, 11) is 1.48. The Labute approximate surface area is 245 Å². The average Bonchev–Trinajstić information content (AvgIpc) is 3.35. The minimum Gasteiger partial charge on any atom is -0.455 e. The normalized spacial score (nSPS) is 47.2. The molecule has 0 saturated heterocycles. The number of methoxy groups -OCH3 is 1. The van der Waals surface area contributed by atoms with Crippen molar-refractivity contribution in [3.8, 4) is 0 Å². The van der Waals surface area contributed by atoms with Gasteiger partial charge >= 0.3 is 5.97 Å². The first kappa shape index (κ1) is 31.0. The second kappa shape index (κ2) is 9.77. The van der Waals surface area contributed by atoms with Gasteiger partial charge in [-0.1, -0.05) is 46.3 Å². The van der Waals surface area contributed by atoms with Crippen LogP contribution in [0.25, 0.3) is 0 Å². The van der Waals surface area contributed by atoms with Gasteiger partial charge in [-0.05, 0) is 48.6 Å². The molecule has 0 bridgehead atoms. The van der Waals surface area contributed by atoms with E-state index in [4.69, 9.17) is 14.2 Å². The van der Waals surface area contributed by atoms with Crippen LogP contribution in [0.5, 0.6) is 0 Å². The van der Waals surface area contributed by atoms with Gasteiger partial charge in [-0.2, -0.15) is 0 Å². The summed E-state index contributed by atoms with van der Waals surface area (Å²) in [5, 5.41) is 44.7. The Kier molecular flexibility index (Phi) is 7.20. The van der Waals surface area contributed by atoms with Gasteiger partial charge in [-0.3, -0.25) is 9.59 Å². The summed E-state index contributed by atoms with van der Waals surface area (Å²) in [4.78, 5) is 41.1. The highest BCUT2D eigenvalue weighted by Crippen LogP contribution is 2.72. The Balaban J connectivity index is 1.80. The molecular formula is C32H42O10. The molecule has 10 heteroatoms. The Morgan fingerprint density at radius 2 is 1.62 bits per heavy atom. The molecule has 4 N–H and O–H groups in total. The second-order valence-corrected chi connectivity index (χ2v) is 14.0. The number of fused-ring (bicyclic) bond motifs is 5. The van der Waals surface area contributed by atoms with Crippen molar-refractivity contribution in [3.63, 3.8) is 0 Å². The highest BCUT2D eigenvalue weighted by atomic mass is 16.7. The van der Waals surface area contributed by atoms with Crippen molar-refractivity contribution < 1.29 is 49.0 Å². The summed E-state index contributed by atoms with van der Waals surface area (Å²) < 4.78 is 17.4. The second-order valence-electron chi connectivity index (χ2n) is 14.0. The third-order valence-electron chi connectivity index (χ3n) is 10.9. The van der Waals surface area contributed by atoms with Gasteiger partial charge in [0.1, 0.15) is 6.10 Å². The molecule has 12 atom stereocenters. The summed E-state index contributed by atoms with van der Waals surface area (Å²) in [6.07, 6.45) is -0.883. The lowest BCUT2D eigenvalue weighted by atomic mass is 9.36. The van der Waals surface area contributed by atoms with E-state index >= 15 is 0 Å². The number of ether oxygens (including phenoxy) is 3. The number of rotatable bonds is 4. The third kappa shape index (κ3) is 3.89. The maximum absolute atomic E-state index is 14.0. The maximum atomic E-state index is 14.0. The molecule has 2 fully saturated rings. The van der Waals surface area contributed by atoms with Gasteiger partial charge in [-0.15, -0.1) is 0 Å². The maximum Gasteiger partial charge on any atom is 0.331 e.